The number of likely N-dealkylation sites (N-methyl/N-ethyl adjacent to an activating group) is 1. The Morgan fingerprint density at radius 2 is 1.92 bits per heavy atom. The first-order chi connectivity index (χ1) is 12.6. The number of hydrogen-bond donors (Lipinski definition) is 2. The topological polar surface area (TPSA) is 90.0 Å². The Hall–Kier alpha value is -3.00. The van der Waals surface area contributed by atoms with Gasteiger partial charge in [-0.3, -0.25) is 4.79 Å². The number of nitrogens with zero attached hydrogens (tertiary/aromatic N) is 5. The number of anilines is 3. The van der Waals surface area contributed by atoms with Crippen LogP contribution in [0.5, 0.6) is 0 Å². The molecule has 0 saturated carbocycles. The van der Waals surface area contributed by atoms with E-state index in [1.807, 2.05) is 6.07 Å². The summed E-state index contributed by atoms with van der Waals surface area (Å²) in [5, 5.41) is 3.19. The van der Waals surface area contributed by atoms with Gasteiger partial charge in [0, 0.05) is 37.6 Å². The number of fused-ring (bicyclic) bond motifs is 1. The molecule has 3 aromatic rings. The first kappa shape index (κ1) is 16.5. The number of piperazine rings is 1. The van der Waals surface area contributed by atoms with Crippen LogP contribution in [0.3, 0.4) is 0 Å². The fourth-order valence-electron chi connectivity index (χ4n) is 3.16. The van der Waals surface area contributed by atoms with E-state index in [2.05, 4.69) is 61.2 Å². The Balaban J connectivity index is 1.55. The average Bonchev–Trinajstić information content (AvgIpc) is 2.62. The van der Waals surface area contributed by atoms with Gasteiger partial charge in [-0.15, -0.1) is 0 Å². The molecule has 2 N–H and O–H groups in total. The second-order valence-electron chi connectivity index (χ2n) is 6.59. The van der Waals surface area contributed by atoms with Crippen molar-refractivity contribution in [3.05, 3.63) is 46.5 Å². The van der Waals surface area contributed by atoms with Crippen LogP contribution in [0, 0.1) is 6.92 Å². The summed E-state index contributed by atoms with van der Waals surface area (Å²) in [5.74, 6) is 0.424. The minimum atomic E-state index is -0.283. The largest absolute Gasteiger partial charge is 0.369 e. The van der Waals surface area contributed by atoms with Gasteiger partial charge in [-0.25, -0.2) is 9.97 Å². The van der Waals surface area contributed by atoms with E-state index in [1.54, 1.807) is 6.20 Å². The summed E-state index contributed by atoms with van der Waals surface area (Å²) in [7, 11) is 2.16. The highest BCUT2D eigenvalue weighted by Gasteiger charge is 2.16. The maximum absolute atomic E-state index is 11.4. The number of aryl methyl sites for hydroxylation is 1. The molecule has 0 amide bonds. The first-order valence-electron chi connectivity index (χ1n) is 8.62. The van der Waals surface area contributed by atoms with Gasteiger partial charge in [-0.2, -0.15) is 4.98 Å². The highest BCUT2D eigenvalue weighted by Crippen LogP contribution is 2.25. The van der Waals surface area contributed by atoms with E-state index in [-0.39, 0.29) is 5.56 Å². The summed E-state index contributed by atoms with van der Waals surface area (Å²) >= 11 is 0. The fraction of sp³-hybridized carbons (Fsp3) is 0.333. The number of H-pyrrole nitrogens is 1. The van der Waals surface area contributed by atoms with Crippen LogP contribution in [0.15, 0.2) is 35.4 Å². The smallest absolute Gasteiger partial charge is 0.268 e. The zero-order valence-corrected chi connectivity index (χ0v) is 14.9. The quantitative estimate of drug-likeness (QED) is 0.739. The first-order valence-corrected chi connectivity index (χ1v) is 8.62. The van der Waals surface area contributed by atoms with Crippen LogP contribution < -0.4 is 15.8 Å². The molecular formula is C18H21N7O. The fourth-order valence-corrected chi connectivity index (χ4v) is 3.16. The van der Waals surface area contributed by atoms with Crippen LogP contribution in [0.1, 0.15) is 5.56 Å². The maximum atomic E-state index is 11.4. The molecule has 0 bridgehead atoms. The van der Waals surface area contributed by atoms with Crippen LogP contribution in [-0.2, 0) is 0 Å². The van der Waals surface area contributed by atoms with Crippen molar-refractivity contribution in [1.82, 2.24) is 24.8 Å². The molecule has 1 aliphatic rings. The van der Waals surface area contributed by atoms with Gasteiger partial charge in [0.2, 0.25) is 5.95 Å². The third-order valence-corrected chi connectivity index (χ3v) is 4.63. The van der Waals surface area contributed by atoms with Crippen molar-refractivity contribution in [3.8, 4) is 0 Å². The highest BCUT2D eigenvalue weighted by atomic mass is 16.1. The van der Waals surface area contributed by atoms with Gasteiger partial charge in [-0.05, 0) is 37.7 Å². The summed E-state index contributed by atoms with van der Waals surface area (Å²) in [4.78, 5) is 31.4. The molecule has 134 valence electrons. The maximum Gasteiger partial charge on any atom is 0.268 e. The van der Waals surface area contributed by atoms with Crippen LogP contribution in [0.4, 0.5) is 17.3 Å². The van der Waals surface area contributed by atoms with Crippen LogP contribution in [0.25, 0.3) is 11.2 Å². The molecule has 0 atom stereocenters. The third kappa shape index (κ3) is 3.36. The van der Waals surface area contributed by atoms with Crippen molar-refractivity contribution in [2.24, 2.45) is 0 Å². The number of benzene rings is 1. The monoisotopic (exact) mass is 351 g/mol. The molecule has 0 unspecified atom stereocenters. The van der Waals surface area contributed by atoms with Crippen molar-refractivity contribution in [2.45, 2.75) is 6.92 Å². The van der Waals surface area contributed by atoms with Crippen molar-refractivity contribution in [1.29, 1.82) is 0 Å². The van der Waals surface area contributed by atoms with Gasteiger partial charge in [0.1, 0.15) is 5.52 Å². The van der Waals surface area contributed by atoms with Gasteiger partial charge < -0.3 is 20.1 Å². The standard InChI is InChI=1S/C18H21N7O/c1-12-9-13(3-4-15(12)25-7-5-24(2)6-8-25)21-18-20-10-14-17(23-18)22-16(26)11-19-14/h3-4,9-11H,5-8H2,1-2H3,(H2,20,21,22,23,26). The third-order valence-electron chi connectivity index (χ3n) is 4.63. The number of hydrogen-bond acceptors (Lipinski definition) is 7. The van der Waals surface area contributed by atoms with Crippen molar-refractivity contribution < 1.29 is 0 Å². The lowest BCUT2D eigenvalue weighted by Gasteiger charge is -2.35. The van der Waals surface area contributed by atoms with E-state index in [0.717, 1.165) is 31.9 Å². The summed E-state index contributed by atoms with van der Waals surface area (Å²) in [6, 6.07) is 6.25. The van der Waals surface area contributed by atoms with Gasteiger partial charge in [0.15, 0.2) is 5.65 Å². The predicted octanol–water partition coefficient (Wildman–Crippen LogP) is 1.52. The number of aromatic amines is 1. The zero-order valence-electron chi connectivity index (χ0n) is 14.9. The summed E-state index contributed by atoms with van der Waals surface area (Å²) in [6.45, 7) is 6.35. The molecule has 1 fully saturated rings. The lowest BCUT2D eigenvalue weighted by molar-refractivity contribution is 0.312. The van der Waals surface area contributed by atoms with Crippen molar-refractivity contribution in [3.63, 3.8) is 0 Å². The lowest BCUT2D eigenvalue weighted by atomic mass is 10.1. The molecule has 0 aliphatic carbocycles. The number of rotatable bonds is 3. The molecule has 0 radical (unpaired) electrons. The molecule has 8 heteroatoms. The Bertz CT molecular complexity index is 992. The molecule has 1 aromatic carbocycles. The Labute approximate surface area is 150 Å². The minimum absolute atomic E-state index is 0.283. The highest BCUT2D eigenvalue weighted by molar-refractivity contribution is 5.71. The average molecular weight is 351 g/mol. The normalized spacial score (nSPS) is 15.4. The van der Waals surface area contributed by atoms with Gasteiger partial charge in [0.05, 0.1) is 12.4 Å². The summed E-state index contributed by atoms with van der Waals surface area (Å²) < 4.78 is 0. The van der Waals surface area contributed by atoms with Crippen molar-refractivity contribution >= 4 is 28.5 Å². The van der Waals surface area contributed by atoms with E-state index >= 15 is 0 Å². The zero-order chi connectivity index (χ0) is 18.1. The van der Waals surface area contributed by atoms with E-state index < -0.39 is 0 Å². The lowest BCUT2D eigenvalue weighted by Crippen LogP contribution is -2.44. The molecule has 0 spiro atoms. The van der Waals surface area contributed by atoms with E-state index in [1.165, 1.54) is 17.4 Å². The molecular weight excluding hydrogens is 330 g/mol. The molecule has 8 nitrogen and oxygen atoms in total. The molecule has 4 rings (SSSR count). The molecule has 1 aliphatic heterocycles. The minimum Gasteiger partial charge on any atom is -0.369 e. The molecule has 2 aromatic heterocycles. The number of nitrogens with one attached hydrogen (secondary N) is 2. The molecule has 1 saturated heterocycles. The number of aromatic nitrogens is 4. The second kappa shape index (κ2) is 6.72. The predicted molar refractivity (Wildman–Crippen MR) is 102 cm³/mol. The SMILES string of the molecule is Cc1cc(Nc2ncc3ncc(=O)[nH]c3n2)ccc1N1CCN(C)CC1. The Morgan fingerprint density at radius 1 is 1.12 bits per heavy atom. The van der Waals surface area contributed by atoms with E-state index in [9.17, 15) is 4.79 Å². The summed E-state index contributed by atoms with van der Waals surface area (Å²) in [5.41, 5.74) is 4.06. The second-order valence-corrected chi connectivity index (χ2v) is 6.59. The Morgan fingerprint density at radius 3 is 2.69 bits per heavy atom. The van der Waals surface area contributed by atoms with E-state index in [0.29, 0.717) is 17.1 Å². The molecule has 3 heterocycles. The van der Waals surface area contributed by atoms with Crippen LogP contribution in [-0.4, -0.2) is 58.1 Å². The van der Waals surface area contributed by atoms with Crippen LogP contribution >= 0.6 is 0 Å². The van der Waals surface area contributed by atoms with Gasteiger partial charge >= 0.3 is 0 Å². The summed E-state index contributed by atoms with van der Waals surface area (Å²) in [6.07, 6.45) is 2.81. The van der Waals surface area contributed by atoms with Gasteiger partial charge in [-0.1, -0.05) is 0 Å². The van der Waals surface area contributed by atoms with Gasteiger partial charge in [0.25, 0.3) is 5.56 Å². The van der Waals surface area contributed by atoms with Crippen LogP contribution in [0.2, 0.25) is 0 Å². The molecule has 26 heavy (non-hydrogen) atoms. The Kier molecular flexibility index (Phi) is 4.26. The van der Waals surface area contributed by atoms with E-state index in [4.69, 9.17) is 0 Å². The van der Waals surface area contributed by atoms with Crippen molar-refractivity contribution in [2.75, 3.05) is 43.4 Å².